The Labute approximate surface area is 245 Å². The maximum absolute atomic E-state index is 14.2. The van der Waals surface area contributed by atoms with E-state index in [2.05, 4.69) is 20.4 Å². The molecule has 1 aliphatic heterocycles. The number of rotatable bonds is 8. The lowest BCUT2D eigenvalue weighted by molar-refractivity contribution is -0.138. The molecular weight excluding hydrogens is 566 g/mol. The molecule has 0 unspecified atom stereocenters. The summed E-state index contributed by atoms with van der Waals surface area (Å²) in [7, 11) is 0. The topological polar surface area (TPSA) is 91.6 Å². The Morgan fingerprint density at radius 3 is 2.40 bits per heavy atom. The van der Waals surface area contributed by atoms with Gasteiger partial charge in [0.1, 0.15) is 11.9 Å². The lowest BCUT2D eigenvalue weighted by atomic mass is 10.0. The number of amides is 2. The van der Waals surface area contributed by atoms with Gasteiger partial charge in [0.2, 0.25) is 17.6 Å². The van der Waals surface area contributed by atoms with Crippen LogP contribution < -0.4 is 5.32 Å². The molecule has 0 radical (unpaired) electrons. The van der Waals surface area contributed by atoms with Gasteiger partial charge in [0.05, 0.1) is 5.56 Å². The second-order valence-electron chi connectivity index (χ2n) is 10.4. The molecule has 224 valence electrons. The van der Waals surface area contributed by atoms with Crippen LogP contribution in [0.3, 0.4) is 0 Å². The van der Waals surface area contributed by atoms with Crippen molar-refractivity contribution in [3.63, 3.8) is 0 Å². The lowest BCUT2D eigenvalue weighted by Gasteiger charge is -2.36. The monoisotopic (exact) mass is 595 g/mol. The van der Waals surface area contributed by atoms with Gasteiger partial charge in [0, 0.05) is 57.2 Å². The zero-order chi connectivity index (χ0) is 30.6. The first-order chi connectivity index (χ1) is 20.6. The van der Waals surface area contributed by atoms with E-state index in [4.69, 9.17) is 4.52 Å². The van der Waals surface area contributed by atoms with Crippen molar-refractivity contribution in [2.75, 3.05) is 26.2 Å². The molecule has 3 aromatic carbocycles. The van der Waals surface area contributed by atoms with Gasteiger partial charge in [-0.1, -0.05) is 47.6 Å². The zero-order valence-electron chi connectivity index (χ0n) is 23.3. The Hall–Kier alpha value is -4.58. The Morgan fingerprint density at radius 1 is 0.953 bits per heavy atom. The standard InChI is InChI=1S/C31H29F4N5O3/c1-20(41)36-27(18-22-7-2-3-11-26(22)32)30(42)40-14-12-39(13-15-40)19-21-6-4-8-23(16-21)28-37-29(43-38-28)24-9-5-10-25(17-24)31(33,34)35/h2-11,16-17,27H,12-15,18-19H2,1H3,(H,36,41)/t27-/m0/s1. The SMILES string of the molecule is CC(=O)N[C@@H](Cc1ccccc1F)C(=O)N1CCN(Cc2cccc(-c3noc(-c4cccc(C(F)(F)F)c4)n3)c2)CC1. The van der Waals surface area contributed by atoms with E-state index in [1.807, 2.05) is 18.2 Å². The van der Waals surface area contributed by atoms with Gasteiger partial charge in [0.25, 0.3) is 5.89 Å². The molecule has 2 amide bonds. The summed E-state index contributed by atoms with van der Waals surface area (Å²) in [5.41, 5.74) is 1.34. The minimum absolute atomic E-state index is 0.0140. The number of nitrogens with one attached hydrogen (secondary N) is 1. The second-order valence-corrected chi connectivity index (χ2v) is 10.4. The predicted molar refractivity (Wildman–Crippen MR) is 150 cm³/mol. The first-order valence-corrected chi connectivity index (χ1v) is 13.7. The highest BCUT2D eigenvalue weighted by Crippen LogP contribution is 2.32. The average Bonchev–Trinajstić information content (AvgIpc) is 3.48. The quantitative estimate of drug-likeness (QED) is 0.290. The number of benzene rings is 3. The van der Waals surface area contributed by atoms with Crippen molar-refractivity contribution in [1.29, 1.82) is 0 Å². The number of aromatic nitrogens is 2. The molecule has 8 nitrogen and oxygen atoms in total. The van der Waals surface area contributed by atoms with Crippen molar-refractivity contribution < 1.29 is 31.7 Å². The highest BCUT2D eigenvalue weighted by atomic mass is 19.4. The van der Waals surface area contributed by atoms with E-state index in [-0.39, 0.29) is 35.5 Å². The largest absolute Gasteiger partial charge is 0.416 e. The summed E-state index contributed by atoms with van der Waals surface area (Å²) in [4.78, 5) is 33.2. The number of halogens is 4. The third-order valence-corrected chi connectivity index (χ3v) is 7.20. The van der Waals surface area contributed by atoms with Crippen LogP contribution in [0.1, 0.15) is 23.6 Å². The van der Waals surface area contributed by atoms with E-state index in [9.17, 15) is 27.2 Å². The fourth-order valence-corrected chi connectivity index (χ4v) is 5.03. The van der Waals surface area contributed by atoms with Crippen LogP contribution in [0.4, 0.5) is 17.6 Å². The smallest absolute Gasteiger partial charge is 0.344 e. The molecule has 1 atom stereocenters. The molecule has 1 N–H and O–H groups in total. The summed E-state index contributed by atoms with van der Waals surface area (Å²) < 4.78 is 58.8. The van der Waals surface area contributed by atoms with Crippen molar-refractivity contribution in [3.05, 3.63) is 95.3 Å². The normalized spacial score (nSPS) is 14.9. The fraction of sp³-hybridized carbons (Fsp3) is 0.290. The average molecular weight is 596 g/mol. The van der Waals surface area contributed by atoms with Gasteiger partial charge < -0.3 is 14.7 Å². The van der Waals surface area contributed by atoms with E-state index in [1.165, 1.54) is 25.1 Å². The molecule has 1 aliphatic rings. The van der Waals surface area contributed by atoms with Crippen molar-refractivity contribution >= 4 is 11.8 Å². The maximum atomic E-state index is 14.2. The molecule has 2 heterocycles. The van der Waals surface area contributed by atoms with Crippen LogP contribution in [-0.2, 0) is 28.7 Å². The third-order valence-electron chi connectivity index (χ3n) is 7.20. The predicted octanol–water partition coefficient (Wildman–Crippen LogP) is 4.95. The summed E-state index contributed by atoms with van der Waals surface area (Å²) in [6.07, 6.45) is -4.43. The Morgan fingerprint density at radius 2 is 1.67 bits per heavy atom. The Kier molecular flexibility index (Phi) is 8.86. The molecular formula is C31H29F4N5O3. The van der Waals surface area contributed by atoms with E-state index >= 15 is 0 Å². The summed E-state index contributed by atoms with van der Waals surface area (Å²) in [6.45, 7) is 3.97. The summed E-state index contributed by atoms with van der Waals surface area (Å²) in [5.74, 6) is -0.806. The molecule has 43 heavy (non-hydrogen) atoms. The molecule has 0 bridgehead atoms. The zero-order valence-corrected chi connectivity index (χ0v) is 23.3. The highest BCUT2D eigenvalue weighted by Gasteiger charge is 2.31. The molecule has 12 heteroatoms. The number of hydrogen-bond donors (Lipinski definition) is 1. The van der Waals surface area contributed by atoms with Gasteiger partial charge in [-0.2, -0.15) is 18.2 Å². The number of hydrogen-bond acceptors (Lipinski definition) is 6. The number of alkyl halides is 3. The first kappa shape index (κ1) is 29.9. The maximum Gasteiger partial charge on any atom is 0.416 e. The van der Waals surface area contributed by atoms with Gasteiger partial charge in [-0.15, -0.1) is 0 Å². The number of carbonyl (C=O) groups excluding carboxylic acids is 2. The van der Waals surface area contributed by atoms with Gasteiger partial charge in [-0.3, -0.25) is 14.5 Å². The number of piperazine rings is 1. The van der Waals surface area contributed by atoms with E-state index < -0.39 is 23.6 Å². The molecule has 0 saturated carbocycles. The number of nitrogens with zero attached hydrogens (tertiary/aromatic N) is 4. The van der Waals surface area contributed by atoms with Crippen LogP contribution >= 0.6 is 0 Å². The van der Waals surface area contributed by atoms with Crippen molar-refractivity contribution in [2.24, 2.45) is 0 Å². The van der Waals surface area contributed by atoms with E-state index in [0.717, 1.165) is 17.7 Å². The van der Waals surface area contributed by atoms with Crippen LogP contribution in [0.15, 0.2) is 77.3 Å². The highest BCUT2D eigenvalue weighted by molar-refractivity contribution is 5.87. The van der Waals surface area contributed by atoms with Crippen LogP contribution in [0.5, 0.6) is 0 Å². The minimum Gasteiger partial charge on any atom is -0.344 e. The molecule has 5 rings (SSSR count). The molecule has 0 spiro atoms. The van der Waals surface area contributed by atoms with E-state index in [1.54, 1.807) is 29.2 Å². The van der Waals surface area contributed by atoms with Gasteiger partial charge in [-0.05, 0) is 41.5 Å². The Balaban J connectivity index is 1.20. The molecule has 1 aromatic heterocycles. The van der Waals surface area contributed by atoms with Crippen molar-refractivity contribution in [1.82, 2.24) is 25.3 Å². The second kappa shape index (κ2) is 12.7. The molecule has 0 aliphatic carbocycles. The van der Waals surface area contributed by atoms with Crippen LogP contribution in [0.2, 0.25) is 0 Å². The van der Waals surface area contributed by atoms with Crippen LogP contribution in [0, 0.1) is 5.82 Å². The van der Waals surface area contributed by atoms with Crippen LogP contribution in [-0.4, -0.2) is 64.0 Å². The lowest BCUT2D eigenvalue weighted by Crippen LogP contribution is -2.55. The summed E-state index contributed by atoms with van der Waals surface area (Å²) in [5, 5.41) is 6.63. The first-order valence-electron chi connectivity index (χ1n) is 13.7. The minimum atomic E-state index is -4.49. The summed E-state index contributed by atoms with van der Waals surface area (Å²) >= 11 is 0. The molecule has 1 saturated heterocycles. The van der Waals surface area contributed by atoms with Crippen molar-refractivity contribution in [2.45, 2.75) is 32.1 Å². The molecule has 1 fully saturated rings. The molecule has 4 aromatic rings. The van der Waals surface area contributed by atoms with E-state index in [0.29, 0.717) is 43.9 Å². The fourth-order valence-electron chi connectivity index (χ4n) is 5.03. The summed E-state index contributed by atoms with van der Waals surface area (Å²) in [6, 6.07) is 17.5. The van der Waals surface area contributed by atoms with Gasteiger partial charge in [-0.25, -0.2) is 4.39 Å². The third kappa shape index (κ3) is 7.44. The van der Waals surface area contributed by atoms with Gasteiger partial charge >= 0.3 is 6.18 Å². The van der Waals surface area contributed by atoms with Gasteiger partial charge in [0.15, 0.2) is 0 Å². The van der Waals surface area contributed by atoms with Crippen LogP contribution in [0.25, 0.3) is 22.8 Å². The Bertz CT molecular complexity index is 1600. The number of carbonyl (C=O) groups is 2. The van der Waals surface area contributed by atoms with Crippen molar-refractivity contribution in [3.8, 4) is 22.8 Å².